The monoisotopic (exact) mass is 365 g/mol. The molecule has 0 radical (unpaired) electrons. The number of nitrogens with zero attached hydrogens (tertiary/aromatic N) is 2. The molecule has 2 amide bonds. The van der Waals surface area contributed by atoms with Crippen LogP contribution in [-0.4, -0.2) is 49.9 Å². The van der Waals surface area contributed by atoms with E-state index in [0.29, 0.717) is 16.4 Å². The maximum absolute atomic E-state index is 12.2. The molecule has 0 saturated carbocycles. The number of amides is 2. The summed E-state index contributed by atoms with van der Waals surface area (Å²) in [6, 6.07) is 3.09. The fraction of sp³-hybridized carbons (Fsp3) is 0.333. The lowest BCUT2D eigenvalue weighted by Gasteiger charge is -2.49. The summed E-state index contributed by atoms with van der Waals surface area (Å²) < 4.78 is 0. The number of carbonyl (C=O) groups excluding carboxylic acids is 2. The summed E-state index contributed by atoms with van der Waals surface area (Å²) in [6.07, 6.45) is 3.37. The summed E-state index contributed by atoms with van der Waals surface area (Å²) in [4.78, 5) is 41.0. The van der Waals surface area contributed by atoms with Crippen molar-refractivity contribution in [1.29, 1.82) is 0 Å². The zero-order chi connectivity index (χ0) is 17.3. The zero-order valence-electron chi connectivity index (χ0n) is 12.8. The van der Waals surface area contributed by atoms with Gasteiger partial charge in [0.2, 0.25) is 5.91 Å². The third-order valence-corrected chi connectivity index (χ3v) is 6.28. The molecule has 1 aromatic rings. The van der Waals surface area contributed by atoms with Crippen molar-refractivity contribution in [1.82, 2.24) is 15.2 Å². The Bertz CT molecular complexity index is 723. The van der Waals surface area contributed by atoms with E-state index in [1.165, 1.54) is 35.3 Å². The molecule has 3 rings (SSSR count). The quantitative estimate of drug-likeness (QED) is 0.752. The molecule has 2 N–H and O–H groups in total. The number of rotatable bonds is 5. The van der Waals surface area contributed by atoms with Gasteiger partial charge >= 0.3 is 5.97 Å². The maximum atomic E-state index is 12.2. The molecule has 1 aromatic heterocycles. The molecule has 0 aliphatic carbocycles. The van der Waals surface area contributed by atoms with Gasteiger partial charge in [0, 0.05) is 35.7 Å². The Hall–Kier alpha value is -2.00. The third-order valence-electron chi connectivity index (χ3n) is 3.66. The van der Waals surface area contributed by atoms with E-state index in [-0.39, 0.29) is 22.9 Å². The van der Waals surface area contributed by atoms with Gasteiger partial charge in [0.1, 0.15) is 17.1 Å². The Morgan fingerprint density at radius 3 is 2.79 bits per heavy atom. The number of carboxylic acid groups (broad SMARTS) is 1. The molecule has 24 heavy (non-hydrogen) atoms. The van der Waals surface area contributed by atoms with Gasteiger partial charge in [-0.15, -0.1) is 23.5 Å². The molecule has 126 valence electrons. The van der Waals surface area contributed by atoms with E-state index in [9.17, 15) is 19.5 Å². The van der Waals surface area contributed by atoms with Crippen molar-refractivity contribution in [2.45, 2.75) is 24.1 Å². The molecular formula is C15H15N3O4S2. The molecule has 0 spiro atoms. The zero-order valence-corrected chi connectivity index (χ0v) is 14.4. The Balaban J connectivity index is 1.78. The number of hydrogen-bond acceptors (Lipinski definition) is 6. The molecule has 3 heterocycles. The van der Waals surface area contributed by atoms with Crippen molar-refractivity contribution in [2.24, 2.45) is 0 Å². The second-order valence-corrected chi connectivity index (χ2v) is 7.48. The largest absolute Gasteiger partial charge is 0.477 e. The van der Waals surface area contributed by atoms with Crippen LogP contribution >= 0.6 is 23.5 Å². The molecule has 1 saturated heterocycles. The normalized spacial score (nSPS) is 22.7. The molecule has 2 atom stereocenters. The number of carboxylic acids is 1. The highest BCUT2D eigenvalue weighted by molar-refractivity contribution is 8.05. The average Bonchev–Trinajstić information content (AvgIpc) is 2.57. The smallest absolute Gasteiger partial charge is 0.353 e. The van der Waals surface area contributed by atoms with Crippen LogP contribution in [0.1, 0.15) is 12.5 Å². The Morgan fingerprint density at radius 2 is 2.17 bits per heavy atom. The van der Waals surface area contributed by atoms with Gasteiger partial charge < -0.3 is 10.4 Å². The molecule has 0 bridgehead atoms. The van der Waals surface area contributed by atoms with Gasteiger partial charge in [-0.3, -0.25) is 19.5 Å². The molecule has 1 fully saturated rings. The molecule has 9 heteroatoms. The summed E-state index contributed by atoms with van der Waals surface area (Å²) in [6.45, 7) is 1.34. The number of aromatic nitrogens is 1. The van der Waals surface area contributed by atoms with Gasteiger partial charge in [0.15, 0.2) is 0 Å². The first kappa shape index (κ1) is 16.8. The number of thioether (sulfide) groups is 2. The molecule has 0 aromatic carbocycles. The number of aliphatic carboxylic acids is 1. The van der Waals surface area contributed by atoms with Crippen LogP contribution in [0, 0.1) is 0 Å². The van der Waals surface area contributed by atoms with Crippen molar-refractivity contribution >= 4 is 41.3 Å². The lowest BCUT2D eigenvalue weighted by Crippen LogP contribution is -2.70. The lowest BCUT2D eigenvalue weighted by atomic mass is 10.1. The van der Waals surface area contributed by atoms with Gasteiger partial charge in [-0.1, -0.05) is 0 Å². The number of β-lactam (4-membered cyclic amide) rings is 1. The summed E-state index contributed by atoms with van der Waals surface area (Å²) >= 11 is 2.88. The Labute approximate surface area is 146 Å². The molecule has 7 nitrogen and oxygen atoms in total. The second kappa shape index (κ2) is 6.86. The topological polar surface area (TPSA) is 99.6 Å². The predicted octanol–water partition coefficient (Wildman–Crippen LogP) is 1.03. The first-order valence-corrected chi connectivity index (χ1v) is 9.22. The van der Waals surface area contributed by atoms with E-state index in [1.54, 1.807) is 12.4 Å². The molecule has 2 aliphatic rings. The fourth-order valence-electron chi connectivity index (χ4n) is 2.57. The van der Waals surface area contributed by atoms with Crippen LogP contribution in [0.4, 0.5) is 0 Å². The summed E-state index contributed by atoms with van der Waals surface area (Å²) in [7, 11) is 0. The van der Waals surface area contributed by atoms with Gasteiger partial charge in [-0.2, -0.15) is 0 Å². The highest BCUT2D eigenvalue weighted by Gasteiger charge is 2.54. The van der Waals surface area contributed by atoms with Gasteiger partial charge in [0.25, 0.3) is 5.91 Å². The van der Waals surface area contributed by atoms with Crippen LogP contribution in [0.2, 0.25) is 0 Å². The first-order chi connectivity index (χ1) is 11.5. The number of pyridine rings is 1. The Morgan fingerprint density at radius 1 is 1.46 bits per heavy atom. The van der Waals surface area contributed by atoms with E-state index in [2.05, 4.69) is 10.3 Å². The van der Waals surface area contributed by atoms with Crippen molar-refractivity contribution < 1.29 is 19.5 Å². The predicted molar refractivity (Wildman–Crippen MR) is 90.9 cm³/mol. The van der Waals surface area contributed by atoms with Crippen molar-refractivity contribution in [3.8, 4) is 0 Å². The minimum absolute atomic E-state index is 0.0319. The first-order valence-electron chi connectivity index (χ1n) is 7.19. The van der Waals surface area contributed by atoms with Crippen LogP contribution in [0.25, 0.3) is 0 Å². The summed E-state index contributed by atoms with van der Waals surface area (Å²) in [5.74, 6) is -0.680. The number of hydrogen-bond donors (Lipinski definition) is 2. The standard InChI is InChI=1S/C15H15N3O4S2/c1-8(19)17-11-13(20)18-12(15(21)22)10(7-24-14(11)18)23-6-9-2-4-16-5-3-9/h2-5,11,14H,6-7H2,1H3,(H,17,19)(H,21,22)/t11?,14-/m0/s1. The second-order valence-electron chi connectivity index (χ2n) is 5.31. The molecule has 2 aliphatic heterocycles. The van der Waals surface area contributed by atoms with E-state index in [1.807, 2.05) is 12.1 Å². The summed E-state index contributed by atoms with van der Waals surface area (Å²) in [5, 5.41) is 11.8. The van der Waals surface area contributed by atoms with E-state index in [4.69, 9.17) is 0 Å². The maximum Gasteiger partial charge on any atom is 0.353 e. The van der Waals surface area contributed by atoms with E-state index in [0.717, 1.165) is 5.56 Å². The van der Waals surface area contributed by atoms with Crippen molar-refractivity contribution in [3.05, 3.63) is 40.7 Å². The fourth-order valence-corrected chi connectivity index (χ4v) is 5.16. The SMILES string of the molecule is CC(=O)NC1C(=O)N2C(C(=O)O)=C(SCc3ccncc3)CS[C@@H]12. The number of fused-ring (bicyclic) bond motifs is 1. The minimum Gasteiger partial charge on any atom is -0.477 e. The van der Waals surface area contributed by atoms with Crippen LogP contribution in [0.15, 0.2) is 35.1 Å². The van der Waals surface area contributed by atoms with Gasteiger partial charge in [0.05, 0.1) is 0 Å². The van der Waals surface area contributed by atoms with Gasteiger partial charge in [-0.05, 0) is 17.7 Å². The van der Waals surface area contributed by atoms with E-state index < -0.39 is 12.0 Å². The van der Waals surface area contributed by atoms with Crippen molar-refractivity contribution in [3.63, 3.8) is 0 Å². The Kier molecular flexibility index (Phi) is 4.81. The minimum atomic E-state index is -1.12. The number of nitrogens with one attached hydrogen (secondary N) is 1. The molecular weight excluding hydrogens is 350 g/mol. The molecule has 1 unspecified atom stereocenters. The average molecular weight is 365 g/mol. The van der Waals surface area contributed by atoms with Gasteiger partial charge in [-0.25, -0.2) is 4.79 Å². The highest BCUT2D eigenvalue weighted by Crippen LogP contribution is 2.43. The lowest BCUT2D eigenvalue weighted by molar-refractivity contribution is -0.150. The van der Waals surface area contributed by atoms with Crippen molar-refractivity contribution in [2.75, 3.05) is 5.75 Å². The summed E-state index contributed by atoms with van der Waals surface area (Å²) in [5.41, 5.74) is 1.06. The van der Waals surface area contributed by atoms with E-state index >= 15 is 0 Å². The van der Waals surface area contributed by atoms with Crippen LogP contribution in [0.3, 0.4) is 0 Å². The van der Waals surface area contributed by atoms with Crippen LogP contribution in [-0.2, 0) is 20.1 Å². The highest BCUT2D eigenvalue weighted by atomic mass is 32.2. The van der Waals surface area contributed by atoms with Crippen LogP contribution < -0.4 is 5.32 Å². The van der Waals surface area contributed by atoms with Crippen LogP contribution in [0.5, 0.6) is 0 Å². The third kappa shape index (κ3) is 3.13. The number of carbonyl (C=O) groups is 3.